The Hall–Kier alpha value is -3.18. The number of aromatic nitrogens is 1. The number of rotatable bonds is 4. The van der Waals surface area contributed by atoms with Crippen LogP contribution in [0.2, 0.25) is 0 Å². The maximum atomic E-state index is 11.8. The van der Waals surface area contributed by atoms with Gasteiger partial charge in [0.25, 0.3) is 0 Å². The average molecular weight is 389 g/mol. The molecule has 0 bridgehead atoms. The van der Waals surface area contributed by atoms with Crippen LogP contribution in [0.5, 0.6) is 11.5 Å². The van der Waals surface area contributed by atoms with Gasteiger partial charge in [-0.3, -0.25) is 4.98 Å². The van der Waals surface area contributed by atoms with Crippen molar-refractivity contribution in [3.63, 3.8) is 0 Å². The van der Waals surface area contributed by atoms with Gasteiger partial charge in [0, 0.05) is 17.8 Å². The molecular formula is C23H19NO3S. The number of ether oxygens (including phenoxy) is 1. The number of hydrogen-bond acceptors (Lipinski definition) is 4. The second-order valence-corrected chi connectivity index (χ2v) is 8.72. The zero-order valence-corrected chi connectivity index (χ0v) is 16.4. The van der Waals surface area contributed by atoms with E-state index in [1.54, 1.807) is 18.2 Å². The minimum Gasteiger partial charge on any atom is -0.457 e. The van der Waals surface area contributed by atoms with Crippen molar-refractivity contribution in [3.05, 3.63) is 84.6 Å². The number of fused-ring (bicyclic) bond motifs is 1. The van der Waals surface area contributed by atoms with Gasteiger partial charge in [-0.05, 0) is 60.0 Å². The highest BCUT2D eigenvalue weighted by molar-refractivity contribution is 7.90. The van der Waals surface area contributed by atoms with Crippen LogP contribution in [-0.4, -0.2) is 19.7 Å². The topological polar surface area (TPSA) is 56.3 Å². The van der Waals surface area contributed by atoms with Crippen molar-refractivity contribution in [1.82, 2.24) is 4.98 Å². The summed E-state index contributed by atoms with van der Waals surface area (Å²) in [6, 6.07) is 22.4. The Labute approximate surface area is 164 Å². The Morgan fingerprint density at radius 2 is 1.57 bits per heavy atom. The lowest BCUT2D eigenvalue weighted by Crippen LogP contribution is -1.97. The molecule has 3 aromatic carbocycles. The Morgan fingerprint density at radius 3 is 2.36 bits per heavy atom. The first-order valence-electron chi connectivity index (χ1n) is 8.84. The molecule has 140 valence electrons. The SMILES string of the molecule is Cc1cccc2c(-c3cccc(Oc4cccc(S(C)(=O)=O)c4)c3)ccnc12. The summed E-state index contributed by atoms with van der Waals surface area (Å²) in [4.78, 5) is 4.73. The van der Waals surface area contributed by atoms with Crippen LogP contribution < -0.4 is 4.74 Å². The molecule has 1 aromatic heterocycles. The van der Waals surface area contributed by atoms with Gasteiger partial charge in [-0.25, -0.2) is 8.42 Å². The Bertz CT molecular complexity index is 1280. The molecule has 0 saturated heterocycles. The molecule has 0 radical (unpaired) electrons. The van der Waals surface area contributed by atoms with E-state index in [4.69, 9.17) is 4.74 Å². The predicted molar refractivity (Wildman–Crippen MR) is 112 cm³/mol. The maximum Gasteiger partial charge on any atom is 0.175 e. The molecule has 0 N–H and O–H groups in total. The molecule has 0 spiro atoms. The average Bonchev–Trinajstić information content (AvgIpc) is 2.68. The first kappa shape index (κ1) is 18.2. The third-order valence-electron chi connectivity index (χ3n) is 4.59. The summed E-state index contributed by atoms with van der Waals surface area (Å²) in [5.41, 5.74) is 4.19. The smallest absolute Gasteiger partial charge is 0.175 e. The molecule has 5 heteroatoms. The fourth-order valence-corrected chi connectivity index (χ4v) is 3.86. The van der Waals surface area contributed by atoms with Crippen molar-refractivity contribution in [2.45, 2.75) is 11.8 Å². The molecule has 1 heterocycles. The lowest BCUT2D eigenvalue weighted by molar-refractivity contribution is 0.481. The zero-order valence-electron chi connectivity index (χ0n) is 15.6. The maximum absolute atomic E-state index is 11.8. The van der Waals surface area contributed by atoms with E-state index in [0.717, 1.165) is 27.6 Å². The molecule has 4 aromatic rings. The third-order valence-corrected chi connectivity index (χ3v) is 5.70. The second-order valence-electron chi connectivity index (χ2n) is 6.71. The number of pyridine rings is 1. The standard InChI is InChI=1S/C23H19NO3S/c1-16-6-3-11-22-21(12-13-24-23(16)22)17-7-4-8-18(14-17)27-19-9-5-10-20(15-19)28(2,25)26/h3-15H,1-2H3. The minimum atomic E-state index is -3.28. The summed E-state index contributed by atoms with van der Waals surface area (Å²) < 4.78 is 29.5. The number of aryl methyl sites for hydroxylation is 1. The quantitative estimate of drug-likeness (QED) is 0.468. The lowest BCUT2D eigenvalue weighted by Gasteiger charge is -2.11. The molecule has 0 fully saturated rings. The summed E-state index contributed by atoms with van der Waals surface area (Å²) in [5, 5.41) is 1.08. The number of sulfone groups is 1. The van der Waals surface area contributed by atoms with E-state index in [-0.39, 0.29) is 4.90 Å². The molecule has 4 nitrogen and oxygen atoms in total. The van der Waals surface area contributed by atoms with Crippen LogP contribution >= 0.6 is 0 Å². The van der Waals surface area contributed by atoms with Gasteiger partial charge in [0.2, 0.25) is 0 Å². The van der Waals surface area contributed by atoms with Crippen molar-refractivity contribution in [2.24, 2.45) is 0 Å². The highest BCUT2D eigenvalue weighted by atomic mass is 32.2. The van der Waals surface area contributed by atoms with Crippen molar-refractivity contribution in [2.75, 3.05) is 6.26 Å². The van der Waals surface area contributed by atoms with Crippen LogP contribution in [0.4, 0.5) is 0 Å². The van der Waals surface area contributed by atoms with Gasteiger partial charge in [0.05, 0.1) is 10.4 Å². The molecule has 0 saturated carbocycles. The summed E-state index contributed by atoms with van der Waals surface area (Å²) >= 11 is 0. The van der Waals surface area contributed by atoms with Gasteiger partial charge >= 0.3 is 0 Å². The van der Waals surface area contributed by atoms with Crippen molar-refractivity contribution in [1.29, 1.82) is 0 Å². The first-order chi connectivity index (χ1) is 13.4. The van der Waals surface area contributed by atoms with E-state index in [0.29, 0.717) is 11.5 Å². The molecule has 0 amide bonds. The van der Waals surface area contributed by atoms with E-state index >= 15 is 0 Å². The largest absolute Gasteiger partial charge is 0.457 e. The van der Waals surface area contributed by atoms with Gasteiger partial charge in [-0.1, -0.05) is 36.4 Å². The van der Waals surface area contributed by atoms with Crippen molar-refractivity contribution < 1.29 is 13.2 Å². The van der Waals surface area contributed by atoms with E-state index < -0.39 is 9.84 Å². The highest BCUT2D eigenvalue weighted by Crippen LogP contribution is 2.32. The number of para-hydroxylation sites is 1. The van der Waals surface area contributed by atoms with Crippen molar-refractivity contribution in [3.8, 4) is 22.6 Å². The normalized spacial score (nSPS) is 11.5. The van der Waals surface area contributed by atoms with E-state index in [1.165, 1.54) is 12.3 Å². The highest BCUT2D eigenvalue weighted by Gasteiger charge is 2.10. The molecule has 0 aliphatic heterocycles. The monoisotopic (exact) mass is 389 g/mol. The Morgan fingerprint density at radius 1 is 0.857 bits per heavy atom. The predicted octanol–water partition coefficient (Wildman–Crippen LogP) is 5.41. The lowest BCUT2D eigenvalue weighted by atomic mass is 9.99. The van der Waals surface area contributed by atoms with E-state index in [9.17, 15) is 8.42 Å². The summed E-state index contributed by atoms with van der Waals surface area (Å²) in [6.45, 7) is 2.05. The van der Waals surface area contributed by atoms with Gasteiger partial charge in [-0.2, -0.15) is 0 Å². The number of nitrogens with zero attached hydrogens (tertiary/aromatic N) is 1. The van der Waals surface area contributed by atoms with Gasteiger partial charge in [0.15, 0.2) is 9.84 Å². The van der Waals surface area contributed by atoms with Gasteiger partial charge < -0.3 is 4.74 Å². The van der Waals surface area contributed by atoms with Crippen LogP contribution in [0.15, 0.2) is 83.9 Å². The van der Waals surface area contributed by atoms with Crippen LogP contribution in [0, 0.1) is 6.92 Å². The van der Waals surface area contributed by atoms with Gasteiger partial charge in [0.1, 0.15) is 11.5 Å². The zero-order chi connectivity index (χ0) is 19.7. The van der Waals surface area contributed by atoms with Crippen molar-refractivity contribution >= 4 is 20.7 Å². The number of hydrogen-bond donors (Lipinski definition) is 0. The second kappa shape index (κ2) is 7.09. The molecular weight excluding hydrogens is 370 g/mol. The van der Waals surface area contributed by atoms with E-state index in [2.05, 4.69) is 11.1 Å². The summed E-state index contributed by atoms with van der Waals surface area (Å²) in [7, 11) is -3.28. The van der Waals surface area contributed by atoms with Crippen LogP contribution in [-0.2, 0) is 9.84 Å². The summed E-state index contributed by atoms with van der Waals surface area (Å²) in [6.07, 6.45) is 3.00. The van der Waals surface area contributed by atoms with Crippen LogP contribution in [0.25, 0.3) is 22.0 Å². The first-order valence-corrected chi connectivity index (χ1v) is 10.7. The fraction of sp³-hybridized carbons (Fsp3) is 0.0870. The third kappa shape index (κ3) is 3.62. The molecule has 4 rings (SSSR count). The van der Waals surface area contributed by atoms with Crippen LogP contribution in [0.3, 0.4) is 0 Å². The molecule has 28 heavy (non-hydrogen) atoms. The summed E-state index contributed by atoms with van der Waals surface area (Å²) in [5.74, 6) is 1.12. The molecule has 0 atom stereocenters. The number of benzene rings is 3. The molecule has 0 unspecified atom stereocenters. The van der Waals surface area contributed by atoms with Gasteiger partial charge in [-0.15, -0.1) is 0 Å². The fourth-order valence-electron chi connectivity index (χ4n) is 3.21. The molecule has 0 aliphatic rings. The minimum absolute atomic E-state index is 0.233. The molecule has 0 aliphatic carbocycles. The van der Waals surface area contributed by atoms with Crippen LogP contribution in [0.1, 0.15) is 5.56 Å². The van der Waals surface area contributed by atoms with E-state index in [1.807, 2.05) is 55.6 Å². The Balaban J connectivity index is 1.73. The Kier molecular flexibility index (Phi) is 4.61.